The minimum absolute atomic E-state index is 0.0176. The molecule has 16 heavy (non-hydrogen) atoms. The van der Waals surface area contributed by atoms with Crippen LogP contribution in [0.4, 0.5) is 11.6 Å². The number of aromatic nitrogens is 2. The fourth-order valence-electron chi connectivity index (χ4n) is 1.01. The summed E-state index contributed by atoms with van der Waals surface area (Å²) in [4.78, 5) is 7.60. The third-order valence-corrected chi connectivity index (χ3v) is 1.62. The molecule has 0 fully saturated rings. The lowest BCUT2D eigenvalue weighted by Crippen LogP contribution is -2.14. The van der Waals surface area contributed by atoms with E-state index in [1.54, 1.807) is 0 Å². The predicted molar refractivity (Wildman–Crippen MR) is 59.0 cm³/mol. The molecule has 0 amide bonds. The Bertz CT molecular complexity index is 357. The van der Waals surface area contributed by atoms with Gasteiger partial charge in [0, 0.05) is 0 Å². The molecule has 0 aliphatic heterocycles. The van der Waals surface area contributed by atoms with E-state index in [1.807, 2.05) is 6.92 Å². The minimum atomic E-state index is -1.03. The van der Waals surface area contributed by atoms with Crippen molar-refractivity contribution in [1.29, 1.82) is 0 Å². The van der Waals surface area contributed by atoms with E-state index < -0.39 is 6.29 Å². The van der Waals surface area contributed by atoms with Crippen molar-refractivity contribution in [3.05, 3.63) is 0 Å². The van der Waals surface area contributed by atoms with Crippen LogP contribution in [-0.2, 0) is 0 Å². The molecule has 90 valence electrons. The highest BCUT2D eigenvalue weighted by molar-refractivity contribution is 5.58. The second kappa shape index (κ2) is 5.36. The zero-order chi connectivity index (χ0) is 12.1. The van der Waals surface area contributed by atoms with Crippen LogP contribution in [0.3, 0.4) is 0 Å². The molecule has 0 aliphatic rings. The third kappa shape index (κ3) is 3.13. The molecule has 0 aliphatic carbocycles. The highest BCUT2D eigenvalue weighted by atomic mass is 16.6. The first-order valence-corrected chi connectivity index (χ1v) is 4.95. The maximum Gasteiger partial charge on any atom is 0.248 e. The van der Waals surface area contributed by atoms with Crippen LogP contribution in [0, 0.1) is 0 Å². The lowest BCUT2D eigenvalue weighted by Gasteiger charge is -2.13. The van der Waals surface area contributed by atoms with E-state index in [0.717, 1.165) is 6.42 Å². The first-order chi connectivity index (χ1) is 7.54. The van der Waals surface area contributed by atoms with E-state index in [4.69, 9.17) is 26.0 Å². The standard InChI is InChI=1S/C9H16N4O3/c1-3-4-15-7-6(10)8(16-5(2)14)13-9(11)12-7/h5,14H,3-4,10H2,1-2H3,(H2,11,12,13). The number of hydrogen-bond acceptors (Lipinski definition) is 7. The van der Waals surface area contributed by atoms with E-state index in [1.165, 1.54) is 6.92 Å². The number of nitrogens with two attached hydrogens (primary N) is 2. The molecule has 1 unspecified atom stereocenters. The largest absolute Gasteiger partial charge is 0.476 e. The van der Waals surface area contributed by atoms with Gasteiger partial charge in [0.05, 0.1) is 6.61 Å². The fraction of sp³-hybridized carbons (Fsp3) is 0.556. The van der Waals surface area contributed by atoms with E-state index in [-0.39, 0.29) is 23.4 Å². The summed E-state index contributed by atoms with van der Waals surface area (Å²) in [5, 5.41) is 9.07. The van der Waals surface area contributed by atoms with Crippen LogP contribution in [0.15, 0.2) is 0 Å². The lowest BCUT2D eigenvalue weighted by molar-refractivity contribution is -0.00318. The Morgan fingerprint density at radius 1 is 1.31 bits per heavy atom. The van der Waals surface area contributed by atoms with E-state index in [9.17, 15) is 0 Å². The van der Waals surface area contributed by atoms with Gasteiger partial charge in [0.2, 0.25) is 17.7 Å². The molecule has 7 heteroatoms. The molecule has 0 spiro atoms. The summed E-state index contributed by atoms with van der Waals surface area (Å²) in [5.74, 6) is 0.176. The second-order valence-electron chi connectivity index (χ2n) is 3.17. The van der Waals surface area contributed by atoms with Crippen molar-refractivity contribution in [2.45, 2.75) is 26.6 Å². The Morgan fingerprint density at radius 2 is 1.94 bits per heavy atom. The maximum atomic E-state index is 9.07. The van der Waals surface area contributed by atoms with Crippen molar-refractivity contribution in [3.63, 3.8) is 0 Å². The van der Waals surface area contributed by atoms with Gasteiger partial charge < -0.3 is 26.0 Å². The van der Waals surface area contributed by atoms with Gasteiger partial charge in [-0.15, -0.1) is 0 Å². The number of anilines is 2. The van der Waals surface area contributed by atoms with Crippen LogP contribution < -0.4 is 20.9 Å². The van der Waals surface area contributed by atoms with Crippen LogP contribution >= 0.6 is 0 Å². The summed E-state index contributed by atoms with van der Waals surface area (Å²) in [6.07, 6.45) is -0.216. The van der Waals surface area contributed by atoms with Gasteiger partial charge in [-0.2, -0.15) is 9.97 Å². The number of hydrogen-bond donors (Lipinski definition) is 3. The summed E-state index contributed by atoms with van der Waals surface area (Å²) in [6, 6.07) is 0. The van der Waals surface area contributed by atoms with Crippen molar-refractivity contribution < 1.29 is 14.6 Å². The van der Waals surface area contributed by atoms with E-state index in [0.29, 0.717) is 6.61 Å². The van der Waals surface area contributed by atoms with Gasteiger partial charge in [-0.1, -0.05) is 6.92 Å². The Hall–Kier alpha value is -1.76. The maximum absolute atomic E-state index is 9.07. The van der Waals surface area contributed by atoms with Gasteiger partial charge in [-0.3, -0.25) is 0 Å². The number of aliphatic hydroxyl groups excluding tert-OH is 1. The van der Waals surface area contributed by atoms with Gasteiger partial charge in [-0.05, 0) is 13.3 Å². The number of nitrogens with zero attached hydrogens (tertiary/aromatic N) is 2. The van der Waals surface area contributed by atoms with E-state index in [2.05, 4.69) is 9.97 Å². The second-order valence-corrected chi connectivity index (χ2v) is 3.17. The summed E-state index contributed by atoms with van der Waals surface area (Å²) in [6.45, 7) is 3.85. The zero-order valence-electron chi connectivity index (χ0n) is 9.30. The van der Waals surface area contributed by atoms with Crippen molar-refractivity contribution in [2.24, 2.45) is 0 Å². The normalized spacial score (nSPS) is 12.2. The first-order valence-electron chi connectivity index (χ1n) is 4.95. The Labute approximate surface area is 93.4 Å². The van der Waals surface area contributed by atoms with Gasteiger partial charge in [0.15, 0.2) is 12.0 Å². The van der Waals surface area contributed by atoms with Crippen molar-refractivity contribution >= 4 is 11.6 Å². The number of aliphatic hydroxyl groups is 1. The Kier molecular flexibility index (Phi) is 4.12. The molecule has 5 N–H and O–H groups in total. The van der Waals surface area contributed by atoms with Crippen LogP contribution in [0.5, 0.6) is 11.8 Å². The van der Waals surface area contributed by atoms with Gasteiger partial charge in [-0.25, -0.2) is 0 Å². The summed E-state index contributed by atoms with van der Waals surface area (Å²) in [5.41, 5.74) is 11.3. The number of nitrogen functional groups attached to an aromatic ring is 2. The van der Waals surface area contributed by atoms with Gasteiger partial charge >= 0.3 is 0 Å². The Morgan fingerprint density at radius 3 is 2.50 bits per heavy atom. The highest BCUT2D eigenvalue weighted by Gasteiger charge is 2.14. The van der Waals surface area contributed by atoms with Gasteiger partial charge in [0.25, 0.3) is 0 Å². The first kappa shape index (κ1) is 12.3. The molecule has 0 bridgehead atoms. The smallest absolute Gasteiger partial charge is 0.248 e. The Balaban J connectivity index is 2.95. The third-order valence-electron chi connectivity index (χ3n) is 1.62. The molecule has 0 saturated heterocycles. The average Bonchev–Trinajstić information content (AvgIpc) is 2.20. The summed E-state index contributed by atoms with van der Waals surface area (Å²) in [7, 11) is 0. The van der Waals surface area contributed by atoms with Crippen LogP contribution in [0.25, 0.3) is 0 Å². The fourth-order valence-corrected chi connectivity index (χ4v) is 1.01. The molecule has 1 atom stereocenters. The molecular formula is C9H16N4O3. The van der Waals surface area contributed by atoms with Crippen molar-refractivity contribution in [2.75, 3.05) is 18.1 Å². The van der Waals surface area contributed by atoms with Crippen LogP contribution in [0.1, 0.15) is 20.3 Å². The molecule has 7 nitrogen and oxygen atoms in total. The van der Waals surface area contributed by atoms with Crippen LogP contribution in [0.2, 0.25) is 0 Å². The monoisotopic (exact) mass is 228 g/mol. The van der Waals surface area contributed by atoms with E-state index >= 15 is 0 Å². The quantitative estimate of drug-likeness (QED) is 0.614. The molecule has 0 saturated carbocycles. The topological polar surface area (TPSA) is 117 Å². The average molecular weight is 228 g/mol. The molecule has 1 rings (SSSR count). The van der Waals surface area contributed by atoms with Crippen molar-refractivity contribution in [3.8, 4) is 11.8 Å². The molecule has 0 aromatic carbocycles. The molecule has 1 aromatic rings. The summed E-state index contributed by atoms with van der Waals surface area (Å²) < 4.78 is 10.2. The summed E-state index contributed by atoms with van der Waals surface area (Å²) >= 11 is 0. The lowest BCUT2D eigenvalue weighted by atomic mass is 10.4. The highest BCUT2D eigenvalue weighted by Crippen LogP contribution is 2.29. The molecule has 1 heterocycles. The SMILES string of the molecule is CCCOc1nc(N)nc(OC(C)O)c1N. The van der Waals surface area contributed by atoms with Crippen molar-refractivity contribution in [1.82, 2.24) is 9.97 Å². The number of rotatable bonds is 5. The minimum Gasteiger partial charge on any atom is -0.476 e. The molecule has 0 radical (unpaired) electrons. The number of ether oxygens (including phenoxy) is 2. The predicted octanol–water partition coefficient (Wildman–Crippen LogP) is 0.147. The zero-order valence-corrected chi connectivity index (χ0v) is 9.30. The van der Waals surface area contributed by atoms with Gasteiger partial charge in [0.1, 0.15) is 0 Å². The van der Waals surface area contributed by atoms with Crippen LogP contribution in [-0.4, -0.2) is 28.0 Å². The molecule has 1 aromatic heterocycles. The molecular weight excluding hydrogens is 212 g/mol.